The van der Waals surface area contributed by atoms with Gasteiger partial charge in [0.1, 0.15) is 11.4 Å². The highest BCUT2D eigenvalue weighted by atomic mass is 19.4. The van der Waals surface area contributed by atoms with Crippen molar-refractivity contribution < 1.29 is 32.5 Å². The summed E-state index contributed by atoms with van der Waals surface area (Å²) in [6.07, 6.45) is -1.52. The molecule has 0 saturated heterocycles. The first-order chi connectivity index (χ1) is 12.8. The van der Waals surface area contributed by atoms with E-state index in [4.69, 9.17) is 9.84 Å². The van der Waals surface area contributed by atoms with E-state index >= 15 is 0 Å². The van der Waals surface area contributed by atoms with Crippen LogP contribution in [0, 0.1) is 0 Å². The van der Waals surface area contributed by atoms with Gasteiger partial charge in [0.15, 0.2) is 5.69 Å². The van der Waals surface area contributed by atoms with Gasteiger partial charge in [0.2, 0.25) is 0 Å². The fourth-order valence-electron chi connectivity index (χ4n) is 3.22. The van der Waals surface area contributed by atoms with Crippen LogP contribution < -0.4 is 4.74 Å². The minimum Gasteiger partial charge on any atom is -0.476 e. The van der Waals surface area contributed by atoms with Crippen LogP contribution in [0.4, 0.5) is 13.2 Å². The van der Waals surface area contributed by atoms with Crippen LogP contribution in [-0.4, -0.2) is 39.0 Å². The van der Waals surface area contributed by atoms with Crippen molar-refractivity contribution in [1.82, 2.24) is 15.4 Å². The van der Waals surface area contributed by atoms with Crippen LogP contribution >= 0.6 is 0 Å². The van der Waals surface area contributed by atoms with Crippen LogP contribution in [0.25, 0.3) is 0 Å². The molecule has 1 aromatic carbocycles. The lowest BCUT2D eigenvalue weighted by Crippen LogP contribution is -2.21. The van der Waals surface area contributed by atoms with Gasteiger partial charge in [0.05, 0.1) is 12.7 Å². The van der Waals surface area contributed by atoms with Crippen LogP contribution in [0.5, 0.6) is 5.75 Å². The number of nitrogens with zero attached hydrogens (tertiary/aromatic N) is 2. The monoisotopic (exact) mass is 385 g/mol. The summed E-state index contributed by atoms with van der Waals surface area (Å²) in [6, 6.07) is 5.95. The highest BCUT2D eigenvalue weighted by molar-refractivity contribution is 5.86. The maximum atomic E-state index is 12.2. The van der Waals surface area contributed by atoms with E-state index in [1.807, 2.05) is 0 Å². The number of carboxylic acid groups (broad SMARTS) is 1. The average molecular weight is 385 g/mol. The Bertz CT molecular complexity index is 768. The fraction of sp³-hybridized carbons (Fsp3) is 0.471. The molecule has 0 unspecified atom stereocenters. The van der Waals surface area contributed by atoms with Gasteiger partial charge in [-0.05, 0) is 49.3 Å². The summed E-state index contributed by atoms with van der Waals surface area (Å²) < 4.78 is 46.2. The second-order valence-corrected chi connectivity index (χ2v) is 6.34. The predicted octanol–water partition coefficient (Wildman–Crippen LogP) is 3.64. The normalized spacial score (nSPS) is 20.4. The Hall–Kier alpha value is -2.62. The number of carbonyl (C=O) groups is 1. The first kappa shape index (κ1) is 19.2. The van der Waals surface area contributed by atoms with E-state index in [-0.39, 0.29) is 35.8 Å². The van der Waals surface area contributed by atoms with Gasteiger partial charge in [-0.2, -0.15) is 0 Å². The van der Waals surface area contributed by atoms with E-state index in [1.165, 1.54) is 12.1 Å². The van der Waals surface area contributed by atoms with Crippen molar-refractivity contribution in [3.8, 4) is 5.75 Å². The largest absolute Gasteiger partial charge is 0.573 e. The molecule has 1 aliphatic rings. The van der Waals surface area contributed by atoms with Gasteiger partial charge < -0.3 is 14.6 Å². The smallest absolute Gasteiger partial charge is 0.476 e. The third-order valence-electron chi connectivity index (χ3n) is 4.55. The Balaban J connectivity index is 1.48. The number of alkyl halides is 3. The van der Waals surface area contributed by atoms with Gasteiger partial charge >= 0.3 is 12.3 Å². The van der Waals surface area contributed by atoms with Gasteiger partial charge in [-0.25, -0.2) is 4.79 Å². The van der Waals surface area contributed by atoms with E-state index in [0.717, 1.165) is 31.2 Å². The summed E-state index contributed by atoms with van der Waals surface area (Å²) in [5.41, 5.74) is 1.14. The lowest BCUT2D eigenvalue weighted by Gasteiger charge is -2.28. The summed E-state index contributed by atoms with van der Waals surface area (Å²) in [6.45, 7) is 0.0664. The zero-order valence-electron chi connectivity index (χ0n) is 14.2. The molecule has 1 aromatic heterocycles. The Morgan fingerprint density at radius 2 is 1.85 bits per heavy atom. The number of nitrogens with one attached hydrogen (secondary N) is 1. The average Bonchev–Trinajstić information content (AvgIpc) is 3.09. The highest BCUT2D eigenvalue weighted by Crippen LogP contribution is 2.35. The predicted molar refractivity (Wildman–Crippen MR) is 86.3 cm³/mol. The van der Waals surface area contributed by atoms with Crippen LogP contribution in [-0.2, 0) is 11.3 Å². The number of H-pyrrole nitrogens is 1. The molecular weight excluding hydrogens is 367 g/mol. The Labute approximate surface area is 152 Å². The molecule has 2 N–H and O–H groups in total. The van der Waals surface area contributed by atoms with Crippen LogP contribution in [0.2, 0.25) is 0 Å². The van der Waals surface area contributed by atoms with Crippen LogP contribution in [0.15, 0.2) is 24.3 Å². The van der Waals surface area contributed by atoms with E-state index in [9.17, 15) is 18.0 Å². The van der Waals surface area contributed by atoms with Crippen molar-refractivity contribution in [1.29, 1.82) is 0 Å². The molecular formula is C17H18F3N3O4. The van der Waals surface area contributed by atoms with Crippen molar-refractivity contribution in [3.63, 3.8) is 0 Å². The summed E-state index contributed by atoms with van der Waals surface area (Å²) in [4.78, 5) is 11.0. The van der Waals surface area contributed by atoms with Crippen LogP contribution in [0.3, 0.4) is 0 Å². The Kier molecular flexibility index (Phi) is 5.64. The third kappa shape index (κ3) is 5.19. The molecule has 0 amide bonds. The number of hydrogen-bond acceptors (Lipinski definition) is 5. The van der Waals surface area contributed by atoms with Gasteiger partial charge in [-0.1, -0.05) is 17.3 Å². The summed E-state index contributed by atoms with van der Waals surface area (Å²) >= 11 is 0. The standard InChI is InChI=1S/C17H18F3N3O4/c18-17(19,20)27-13-7-3-11(4-8-13)10-1-5-12(6-2-10)26-9-14-15(16(24)25)22-23-21-14/h3-4,7-8,10,12H,1-2,5-6,9H2,(H,24,25)(H,21,22,23). The van der Waals surface area contributed by atoms with E-state index in [2.05, 4.69) is 20.1 Å². The lowest BCUT2D eigenvalue weighted by molar-refractivity contribution is -0.274. The number of aromatic carboxylic acids is 1. The molecule has 0 bridgehead atoms. The number of aromatic nitrogens is 3. The molecule has 0 radical (unpaired) electrons. The maximum Gasteiger partial charge on any atom is 0.573 e. The van der Waals surface area contributed by atoms with Gasteiger partial charge in [-0.3, -0.25) is 5.10 Å². The van der Waals surface area contributed by atoms with Crippen LogP contribution in [0.1, 0.15) is 53.3 Å². The maximum absolute atomic E-state index is 12.2. The molecule has 10 heteroatoms. The molecule has 27 heavy (non-hydrogen) atoms. The van der Waals surface area contributed by atoms with Crippen molar-refractivity contribution in [2.45, 2.75) is 50.7 Å². The Morgan fingerprint density at radius 3 is 2.44 bits per heavy atom. The number of rotatable bonds is 6. The number of aromatic amines is 1. The number of benzene rings is 1. The summed E-state index contributed by atoms with van der Waals surface area (Å²) in [5, 5.41) is 18.5. The molecule has 0 aliphatic heterocycles. The molecule has 3 rings (SSSR count). The van der Waals surface area contributed by atoms with Gasteiger partial charge in [0, 0.05) is 0 Å². The minimum absolute atomic E-state index is 0.0209. The number of ether oxygens (including phenoxy) is 2. The number of halogens is 3. The Morgan fingerprint density at radius 1 is 1.19 bits per heavy atom. The second kappa shape index (κ2) is 7.95. The van der Waals surface area contributed by atoms with E-state index in [1.54, 1.807) is 12.1 Å². The molecule has 1 heterocycles. The molecule has 1 saturated carbocycles. The highest BCUT2D eigenvalue weighted by Gasteiger charge is 2.31. The summed E-state index contributed by atoms with van der Waals surface area (Å²) in [5.74, 6) is -1.13. The van der Waals surface area contributed by atoms with Crippen molar-refractivity contribution >= 4 is 5.97 Å². The SMILES string of the molecule is O=C(O)c1[nH]nnc1COC1CCC(c2ccc(OC(F)(F)F)cc2)CC1. The molecule has 1 fully saturated rings. The molecule has 0 atom stereocenters. The molecule has 7 nitrogen and oxygen atoms in total. The molecule has 0 spiro atoms. The third-order valence-corrected chi connectivity index (χ3v) is 4.55. The number of hydrogen-bond donors (Lipinski definition) is 2. The quantitative estimate of drug-likeness (QED) is 0.788. The summed E-state index contributed by atoms with van der Waals surface area (Å²) in [7, 11) is 0. The van der Waals surface area contributed by atoms with Crippen molar-refractivity contribution in [3.05, 3.63) is 41.2 Å². The van der Waals surface area contributed by atoms with Gasteiger partial charge in [-0.15, -0.1) is 18.3 Å². The lowest BCUT2D eigenvalue weighted by atomic mass is 9.83. The molecule has 2 aromatic rings. The first-order valence-corrected chi connectivity index (χ1v) is 8.42. The first-order valence-electron chi connectivity index (χ1n) is 8.42. The molecule has 1 aliphatic carbocycles. The minimum atomic E-state index is -4.69. The number of carboxylic acids is 1. The second-order valence-electron chi connectivity index (χ2n) is 6.34. The van der Waals surface area contributed by atoms with E-state index in [0.29, 0.717) is 0 Å². The van der Waals surface area contributed by atoms with Crippen molar-refractivity contribution in [2.24, 2.45) is 0 Å². The molecule has 146 valence electrons. The van der Waals surface area contributed by atoms with E-state index < -0.39 is 12.3 Å². The fourth-order valence-corrected chi connectivity index (χ4v) is 3.22. The topological polar surface area (TPSA) is 97.3 Å². The van der Waals surface area contributed by atoms with Gasteiger partial charge in [0.25, 0.3) is 0 Å². The van der Waals surface area contributed by atoms with Crippen molar-refractivity contribution in [2.75, 3.05) is 0 Å². The zero-order valence-corrected chi connectivity index (χ0v) is 14.2. The zero-order chi connectivity index (χ0) is 19.4.